The van der Waals surface area contributed by atoms with Crippen molar-refractivity contribution in [2.24, 2.45) is 5.73 Å². The Morgan fingerprint density at radius 1 is 1.57 bits per heavy atom. The van der Waals surface area contributed by atoms with E-state index in [0.29, 0.717) is 6.42 Å². The lowest BCUT2D eigenvalue weighted by Crippen LogP contribution is -2.34. The molecule has 0 saturated carbocycles. The molecule has 3 N–H and O–H groups in total. The predicted octanol–water partition coefficient (Wildman–Crippen LogP) is 1.55. The summed E-state index contributed by atoms with van der Waals surface area (Å²) in [5.41, 5.74) is 7.40. The summed E-state index contributed by atoms with van der Waals surface area (Å²) < 4.78 is 0. The number of rotatable bonds is 3. The number of pyridine rings is 1. The lowest BCUT2D eigenvalue weighted by molar-refractivity contribution is 0.141. The average Bonchev–Trinajstić information content (AvgIpc) is 2.01. The van der Waals surface area contributed by atoms with Crippen LogP contribution in [0.15, 0.2) is 18.5 Å². The van der Waals surface area contributed by atoms with Crippen LogP contribution < -0.4 is 5.73 Å². The van der Waals surface area contributed by atoms with Gasteiger partial charge < -0.3 is 10.8 Å². The number of aliphatic hydroxyl groups is 1. The zero-order valence-electron chi connectivity index (χ0n) is 8.99. The van der Waals surface area contributed by atoms with Crippen LogP contribution in [0.25, 0.3) is 0 Å². The number of hydrogen-bond donors (Lipinski definition) is 2. The molecule has 0 aliphatic carbocycles. The van der Waals surface area contributed by atoms with E-state index in [2.05, 4.69) is 4.98 Å². The van der Waals surface area contributed by atoms with Gasteiger partial charge in [-0.3, -0.25) is 4.98 Å². The van der Waals surface area contributed by atoms with Crippen LogP contribution in [-0.4, -0.2) is 15.6 Å². The maximum Gasteiger partial charge on any atom is 0.0824 e. The third kappa shape index (κ3) is 3.09. The number of nitrogens with two attached hydrogens (primary N) is 1. The van der Waals surface area contributed by atoms with Gasteiger partial charge in [-0.25, -0.2) is 0 Å². The van der Waals surface area contributed by atoms with E-state index in [1.807, 2.05) is 26.8 Å². The zero-order valence-corrected chi connectivity index (χ0v) is 8.99. The highest BCUT2D eigenvalue weighted by molar-refractivity contribution is 5.24. The number of nitrogens with zero attached hydrogens (tertiary/aromatic N) is 1. The van der Waals surface area contributed by atoms with Crippen LogP contribution in [0.5, 0.6) is 0 Å². The van der Waals surface area contributed by atoms with Gasteiger partial charge in [0.15, 0.2) is 0 Å². The molecule has 0 aliphatic heterocycles. The molecule has 0 bridgehead atoms. The number of aromatic nitrogens is 1. The van der Waals surface area contributed by atoms with Crippen LogP contribution in [0.3, 0.4) is 0 Å². The fraction of sp³-hybridized carbons (Fsp3) is 0.545. The molecule has 1 aromatic heterocycles. The largest absolute Gasteiger partial charge is 0.388 e. The number of aliphatic hydroxyl groups excluding tert-OH is 1. The maximum absolute atomic E-state index is 9.92. The molecule has 14 heavy (non-hydrogen) atoms. The Kier molecular flexibility index (Phi) is 3.24. The molecule has 0 fully saturated rings. The Labute approximate surface area is 85.0 Å². The Bertz CT molecular complexity index is 304. The van der Waals surface area contributed by atoms with E-state index < -0.39 is 6.10 Å². The van der Waals surface area contributed by atoms with Crippen molar-refractivity contribution in [3.63, 3.8) is 0 Å². The SMILES string of the molecule is Cc1ccncc1C(O)CC(C)(C)N. The van der Waals surface area contributed by atoms with Crippen molar-refractivity contribution in [2.75, 3.05) is 0 Å². The minimum Gasteiger partial charge on any atom is -0.388 e. The van der Waals surface area contributed by atoms with Crippen LogP contribution in [0.2, 0.25) is 0 Å². The van der Waals surface area contributed by atoms with E-state index in [9.17, 15) is 5.11 Å². The van der Waals surface area contributed by atoms with E-state index in [1.165, 1.54) is 0 Å². The summed E-state index contributed by atoms with van der Waals surface area (Å²) in [4.78, 5) is 4.00. The van der Waals surface area contributed by atoms with Crippen molar-refractivity contribution in [3.05, 3.63) is 29.6 Å². The normalized spacial score (nSPS) is 14.1. The van der Waals surface area contributed by atoms with Crippen molar-refractivity contribution in [1.82, 2.24) is 4.98 Å². The van der Waals surface area contributed by atoms with Crippen molar-refractivity contribution < 1.29 is 5.11 Å². The first-order valence-electron chi connectivity index (χ1n) is 4.77. The van der Waals surface area contributed by atoms with E-state index in [-0.39, 0.29) is 5.54 Å². The van der Waals surface area contributed by atoms with Gasteiger partial charge in [0.05, 0.1) is 6.10 Å². The standard InChI is InChI=1S/C11H18N2O/c1-8-4-5-13-7-9(8)10(14)6-11(2,3)12/h4-5,7,10,14H,6,12H2,1-3H3. The van der Waals surface area contributed by atoms with E-state index in [0.717, 1.165) is 11.1 Å². The van der Waals surface area contributed by atoms with Gasteiger partial charge in [0.2, 0.25) is 0 Å². The lowest BCUT2D eigenvalue weighted by Gasteiger charge is -2.23. The summed E-state index contributed by atoms with van der Waals surface area (Å²) in [5.74, 6) is 0. The van der Waals surface area contributed by atoms with Crippen molar-refractivity contribution in [1.29, 1.82) is 0 Å². The molecule has 0 radical (unpaired) electrons. The van der Waals surface area contributed by atoms with Crippen LogP contribution in [0.1, 0.15) is 37.5 Å². The minimum absolute atomic E-state index is 0.359. The van der Waals surface area contributed by atoms with Crippen molar-refractivity contribution in [3.8, 4) is 0 Å². The highest BCUT2D eigenvalue weighted by Gasteiger charge is 2.19. The third-order valence-electron chi connectivity index (χ3n) is 2.16. The molecule has 1 heterocycles. The molecular weight excluding hydrogens is 176 g/mol. The molecule has 0 aliphatic rings. The number of hydrogen-bond acceptors (Lipinski definition) is 3. The van der Waals surface area contributed by atoms with Crippen LogP contribution in [-0.2, 0) is 0 Å². The number of aryl methyl sites for hydroxylation is 1. The molecule has 3 nitrogen and oxygen atoms in total. The molecule has 1 rings (SSSR count). The molecule has 0 saturated heterocycles. The third-order valence-corrected chi connectivity index (χ3v) is 2.16. The van der Waals surface area contributed by atoms with E-state index in [4.69, 9.17) is 5.73 Å². The minimum atomic E-state index is -0.524. The van der Waals surface area contributed by atoms with Gasteiger partial charge in [-0.1, -0.05) is 0 Å². The molecule has 1 unspecified atom stereocenters. The summed E-state index contributed by atoms with van der Waals surface area (Å²) >= 11 is 0. The summed E-state index contributed by atoms with van der Waals surface area (Å²) in [6.45, 7) is 5.77. The fourth-order valence-corrected chi connectivity index (χ4v) is 1.43. The Hall–Kier alpha value is -0.930. The average molecular weight is 194 g/mol. The quantitative estimate of drug-likeness (QED) is 0.767. The molecule has 0 spiro atoms. The van der Waals surface area contributed by atoms with Gasteiger partial charge in [-0.05, 0) is 38.8 Å². The highest BCUT2D eigenvalue weighted by Crippen LogP contribution is 2.23. The zero-order chi connectivity index (χ0) is 10.8. The topological polar surface area (TPSA) is 59.1 Å². The summed E-state index contributed by atoms with van der Waals surface area (Å²) in [6.07, 6.45) is 3.44. The lowest BCUT2D eigenvalue weighted by atomic mass is 9.93. The smallest absolute Gasteiger partial charge is 0.0824 e. The van der Waals surface area contributed by atoms with Gasteiger partial charge in [-0.15, -0.1) is 0 Å². The molecule has 0 amide bonds. The first-order chi connectivity index (χ1) is 6.40. The first-order valence-corrected chi connectivity index (χ1v) is 4.77. The summed E-state index contributed by atoms with van der Waals surface area (Å²) in [7, 11) is 0. The second-order valence-corrected chi connectivity index (χ2v) is 4.44. The maximum atomic E-state index is 9.92. The second kappa shape index (κ2) is 4.07. The van der Waals surface area contributed by atoms with Crippen LogP contribution in [0.4, 0.5) is 0 Å². The first kappa shape index (κ1) is 11.1. The Morgan fingerprint density at radius 2 is 2.21 bits per heavy atom. The van der Waals surface area contributed by atoms with Crippen LogP contribution in [0, 0.1) is 6.92 Å². The summed E-state index contributed by atoms with van der Waals surface area (Å²) in [5, 5.41) is 9.92. The van der Waals surface area contributed by atoms with Crippen LogP contribution >= 0.6 is 0 Å². The summed E-state index contributed by atoms with van der Waals surface area (Å²) in [6, 6.07) is 1.89. The molecule has 3 heteroatoms. The van der Waals surface area contributed by atoms with Gasteiger partial charge in [0.25, 0.3) is 0 Å². The fourth-order valence-electron chi connectivity index (χ4n) is 1.43. The Balaban J connectivity index is 2.80. The molecule has 0 aromatic carbocycles. The Morgan fingerprint density at radius 3 is 2.71 bits per heavy atom. The molecule has 1 aromatic rings. The van der Waals surface area contributed by atoms with Gasteiger partial charge in [-0.2, -0.15) is 0 Å². The monoisotopic (exact) mass is 194 g/mol. The van der Waals surface area contributed by atoms with Gasteiger partial charge in [0.1, 0.15) is 0 Å². The molecule has 78 valence electrons. The van der Waals surface area contributed by atoms with E-state index >= 15 is 0 Å². The molecular formula is C11H18N2O. The molecule has 1 atom stereocenters. The van der Waals surface area contributed by atoms with Gasteiger partial charge >= 0.3 is 0 Å². The van der Waals surface area contributed by atoms with Gasteiger partial charge in [0, 0.05) is 23.5 Å². The van der Waals surface area contributed by atoms with Crippen molar-refractivity contribution in [2.45, 2.75) is 38.8 Å². The van der Waals surface area contributed by atoms with E-state index in [1.54, 1.807) is 12.4 Å². The van der Waals surface area contributed by atoms with Crippen molar-refractivity contribution >= 4 is 0 Å². The highest BCUT2D eigenvalue weighted by atomic mass is 16.3. The predicted molar refractivity (Wildman–Crippen MR) is 56.8 cm³/mol. The second-order valence-electron chi connectivity index (χ2n) is 4.44.